The fraction of sp³-hybridized carbons (Fsp3) is 0.400. The fourth-order valence-corrected chi connectivity index (χ4v) is 2.62. The van der Waals surface area contributed by atoms with Crippen LogP contribution >= 0.6 is 0 Å². The number of aryl methyl sites for hydroxylation is 1. The molecule has 2 rings (SSSR count). The number of anilines is 2. The van der Waals surface area contributed by atoms with Crippen LogP contribution in [0.25, 0.3) is 0 Å². The van der Waals surface area contributed by atoms with Crippen molar-refractivity contribution in [2.24, 2.45) is 0 Å². The van der Waals surface area contributed by atoms with E-state index in [0.717, 1.165) is 43.0 Å². The number of amides is 1. The Morgan fingerprint density at radius 3 is 2.25 bits per heavy atom. The van der Waals surface area contributed by atoms with E-state index in [1.807, 2.05) is 43.3 Å². The Morgan fingerprint density at radius 2 is 1.71 bits per heavy atom. The number of hydrogen-bond acceptors (Lipinski definition) is 3. The average Bonchev–Trinajstić information content (AvgIpc) is 2.57. The first kappa shape index (κ1) is 18.0. The zero-order valence-corrected chi connectivity index (χ0v) is 14.9. The number of benzene rings is 1. The Labute approximate surface area is 144 Å². The summed E-state index contributed by atoms with van der Waals surface area (Å²) in [7, 11) is 0. The standard InChI is InChI=1S/C20H27N3O/c1-4-12-23(13-5-2)19-11-10-18(15-21-19)22-20(24)14-17-8-6-16(3)7-9-17/h6-11,15H,4-5,12-14H2,1-3H3,(H,22,24). The number of nitrogens with zero attached hydrogens (tertiary/aromatic N) is 2. The van der Waals surface area contributed by atoms with Gasteiger partial charge in [0.2, 0.25) is 5.91 Å². The van der Waals surface area contributed by atoms with Crippen molar-refractivity contribution in [1.29, 1.82) is 0 Å². The van der Waals surface area contributed by atoms with Gasteiger partial charge in [0.05, 0.1) is 18.3 Å². The number of aromatic nitrogens is 1. The minimum absolute atomic E-state index is 0.0209. The van der Waals surface area contributed by atoms with Gasteiger partial charge >= 0.3 is 0 Å². The van der Waals surface area contributed by atoms with Crippen LogP contribution in [-0.2, 0) is 11.2 Å². The van der Waals surface area contributed by atoms with Crippen LogP contribution in [0.2, 0.25) is 0 Å². The van der Waals surface area contributed by atoms with E-state index in [1.54, 1.807) is 6.20 Å². The zero-order chi connectivity index (χ0) is 17.4. The molecule has 1 amide bonds. The first-order chi connectivity index (χ1) is 11.6. The lowest BCUT2D eigenvalue weighted by Gasteiger charge is -2.22. The first-order valence-corrected chi connectivity index (χ1v) is 8.68. The van der Waals surface area contributed by atoms with E-state index in [9.17, 15) is 4.79 Å². The van der Waals surface area contributed by atoms with Gasteiger partial charge in [0, 0.05) is 13.1 Å². The molecule has 0 atom stereocenters. The van der Waals surface area contributed by atoms with Gasteiger partial charge in [-0.25, -0.2) is 4.98 Å². The van der Waals surface area contributed by atoms with Gasteiger partial charge in [-0.3, -0.25) is 4.79 Å². The molecule has 0 saturated heterocycles. The smallest absolute Gasteiger partial charge is 0.228 e. The molecule has 1 aromatic carbocycles. The lowest BCUT2D eigenvalue weighted by atomic mass is 10.1. The summed E-state index contributed by atoms with van der Waals surface area (Å²) in [6.07, 6.45) is 4.30. The molecule has 1 N–H and O–H groups in total. The molecule has 0 bridgehead atoms. The van der Waals surface area contributed by atoms with Crippen molar-refractivity contribution in [2.75, 3.05) is 23.3 Å². The second kappa shape index (κ2) is 9.06. The highest BCUT2D eigenvalue weighted by atomic mass is 16.1. The Morgan fingerprint density at radius 1 is 1.04 bits per heavy atom. The maximum atomic E-state index is 12.1. The monoisotopic (exact) mass is 325 g/mol. The molecule has 0 aliphatic rings. The van der Waals surface area contributed by atoms with Crippen LogP contribution in [0.4, 0.5) is 11.5 Å². The fourth-order valence-electron chi connectivity index (χ4n) is 2.62. The van der Waals surface area contributed by atoms with Gasteiger partial charge in [-0.15, -0.1) is 0 Å². The normalized spacial score (nSPS) is 10.5. The van der Waals surface area contributed by atoms with Crippen LogP contribution in [0.3, 0.4) is 0 Å². The summed E-state index contributed by atoms with van der Waals surface area (Å²) in [5, 5.41) is 2.92. The van der Waals surface area contributed by atoms with E-state index in [0.29, 0.717) is 6.42 Å². The van der Waals surface area contributed by atoms with Crippen LogP contribution in [0.15, 0.2) is 42.6 Å². The number of nitrogens with one attached hydrogen (secondary N) is 1. The van der Waals surface area contributed by atoms with E-state index in [-0.39, 0.29) is 5.91 Å². The van der Waals surface area contributed by atoms with Crippen molar-refractivity contribution in [1.82, 2.24) is 4.98 Å². The summed E-state index contributed by atoms with van der Waals surface area (Å²) in [6, 6.07) is 11.9. The van der Waals surface area contributed by atoms with Crippen molar-refractivity contribution in [2.45, 2.75) is 40.0 Å². The van der Waals surface area contributed by atoms with Crippen LogP contribution in [0.1, 0.15) is 37.8 Å². The van der Waals surface area contributed by atoms with Crippen molar-refractivity contribution in [3.05, 3.63) is 53.7 Å². The highest BCUT2D eigenvalue weighted by Gasteiger charge is 2.08. The van der Waals surface area contributed by atoms with Gasteiger partial charge in [0.1, 0.15) is 5.82 Å². The van der Waals surface area contributed by atoms with Gasteiger partial charge in [0.15, 0.2) is 0 Å². The third-order valence-electron chi connectivity index (χ3n) is 3.83. The van der Waals surface area contributed by atoms with E-state index < -0.39 is 0 Å². The maximum absolute atomic E-state index is 12.1. The molecule has 2 aromatic rings. The molecular weight excluding hydrogens is 298 g/mol. The Bertz CT molecular complexity index is 629. The van der Waals surface area contributed by atoms with E-state index >= 15 is 0 Å². The average molecular weight is 325 g/mol. The molecule has 0 radical (unpaired) electrons. The molecule has 0 unspecified atom stereocenters. The minimum atomic E-state index is -0.0209. The van der Waals surface area contributed by atoms with Crippen molar-refractivity contribution in [3.8, 4) is 0 Å². The molecule has 4 nitrogen and oxygen atoms in total. The molecule has 24 heavy (non-hydrogen) atoms. The van der Waals surface area contributed by atoms with Gasteiger partial charge < -0.3 is 10.2 Å². The molecular formula is C20H27N3O. The highest BCUT2D eigenvalue weighted by Crippen LogP contribution is 2.15. The molecule has 0 spiro atoms. The van der Waals surface area contributed by atoms with Crippen LogP contribution < -0.4 is 10.2 Å². The molecule has 0 aliphatic heterocycles. The zero-order valence-electron chi connectivity index (χ0n) is 14.9. The second-order valence-corrected chi connectivity index (χ2v) is 6.10. The largest absolute Gasteiger partial charge is 0.357 e. The molecule has 0 saturated carbocycles. The lowest BCUT2D eigenvalue weighted by Crippen LogP contribution is -2.25. The van der Waals surface area contributed by atoms with Crippen molar-refractivity contribution < 1.29 is 4.79 Å². The Hall–Kier alpha value is -2.36. The van der Waals surface area contributed by atoms with Gasteiger partial charge in [0.25, 0.3) is 0 Å². The third kappa shape index (κ3) is 5.37. The summed E-state index contributed by atoms with van der Waals surface area (Å²) in [5.74, 6) is 0.947. The van der Waals surface area contributed by atoms with E-state index in [2.05, 4.69) is 29.0 Å². The van der Waals surface area contributed by atoms with Gasteiger partial charge in [-0.05, 0) is 37.5 Å². The SMILES string of the molecule is CCCN(CCC)c1ccc(NC(=O)Cc2ccc(C)cc2)cn1. The number of carbonyl (C=O) groups excluding carboxylic acids is 1. The number of pyridine rings is 1. The predicted octanol–water partition coefficient (Wildman–Crippen LogP) is 4.20. The van der Waals surface area contributed by atoms with Gasteiger partial charge in [-0.2, -0.15) is 0 Å². The summed E-state index contributed by atoms with van der Waals surface area (Å²) in [4.78, 5) is 18.9. The second-order valence-electron chi connectivity index (χ2n) is 6.10. The van der Waals surface area contributed by atoms with E-state index in [4.69, 9.17) is 0 Å². The number of rotatable bonds is 8. The Balaban J connectivity index is 1.95. The highest BCUT2D eigenvalue weighted by molar-refractivity contribution is 5.92. The molecule has 0 fully saturated rings. The van der Waals surface area contributed by atoms with Gasteiger partial charge in [-0.1, -0.05) is 43.7 Å². The van der Waals surface area contributed by atoms with E-state index in [1.165, 1.54) is 5.56 Å². The van der Waals surface area contributed by atoms with Crippen LogP contribution in [0.5, 0.6) is 0 Å². The molecule has 4 heteroatoms. The summed E-state index contributed by atoms with van der Waals surface area (Å²) >= 11 is 0. The van der Waals surface area contributed by atoms with Crippen LogP contribution in [-0.4, -0.2) is 24.0 Å². The molecule has 0 aliphatic carbocycles. The maximum Gasteiger partial charge on any atom is 0.228 e. The first-order valence-electron chi connectivity index (χ1n) is 8.68. The number of carbonyl (C=O) groups is 1. The lowest BCUT2D eigenvalue weighted by molar-refractivity contribution is -0.115. The van der Waals surface area contributed by atoms with Crippen LogP contribution in [0, 0.1) is 6.92 Å². The topological polar surface area (TPSA) is 45.2 Å². The summed E-state index contributed by atoms with van der Waals surface area (Å²) in [5.41, 5.74) is 2.95. The summed E-state index contributed by atoms with van der Waals surface area (Å²) in [6.45, 7) is 8.38. The Kier molecular flexibility index (Phi) is 6.79. The molecule has 1 heterocycles. The third-order valence-corrected chi connectivity index (χ3v) is 3.83. The molecule has 128 valence electrons. The predicted molar refractivity (Wildman–Crippen MR) is 101 cm³/mol. The molecule has 1 aromatic heterocycles. The summed E-state index contributed by atoms with van der Waals surface area (Å²) < 4.78 is 0. The quantitative estimate of drug-likeness (QED) is 0.791. The van der Waals surface area contributed by atoms with Crippen molar-refractivity contribution >= 4 is 17.4 Å². The van der Waals surface area contributed by atoms with Crippen molar-refractivity contribution in [3.63, 3.8) is 0 Å². The number of hydrogen-bond donors (Lipinski definition) is 1. The minimum Gasteiger partial charge on any atom is -0.357 e.